The molecule has 4 rings (SSSR count). The third-order valence-electron chi connectivity index (χ3n) is 5.61. The summed E-state index contributed by atoms with van der Waals surface area (Å²) < 4.78 is 0. The second-order valence-electron chi connectivity index (χ2n) is 7.45. The lowest BCUT2D eigenvalue weighted by molar-refractivity contribution is 0.112. The van der Waals surface area contributed by atoms with Crippen molar-refractivity contribution in [2.45, 2.75) is 6.92 Å². The zero-order valence-electron chi connectivity index (χ0n) is 17.7. The van der Waals surface area contributed by atoms with Gasteiger partial charge in [0.1, 0.15) is 0 Å². The summed E-state index contributed by atoms with van der Waals surface area (Å²) in [5.41, 5.74) is 5.53. The van der Waals surface area contributed by atoms with E-state index in [1.54, 1.807) is 12.4 Å². The van der Waals surface area contributed by atoms with E-state index in [0.717, 1.165) is 60.3 Å². The van der Waals surface area contributed by atoms with Crippen LogP contribution in [0.4, 0.5) is 5.69 Å². The number of allylic oxidation sites excluding steroid dienone is 4. The fraction of sp³-hybridized carbons (Fsp3) is 0.192. The van der Waals surface area contributed by atoms with Gasteiger partial charge in [-0.3, -0.25) is 9.78 Å². The lowest BCUT2D eigenvalue weighted by atomic mass is 10.1. The average molecular weight is 411 g/mol. The Morgan fingerprint density at radius 3 is 2.55 bits per heavy atom. The molecule has 1 aliphatic rings. The average Bonchev–Trinajstić information content (AvgIpc) is 2.84. The Labute approximate surface area is 183 Å². The quantitative estimate of drug-likeness (QED) is 0.428. The van der Waals surface area contributed by atoms with Gasteiger partial charge in [-0.2, -0.15) is 0 Å². The number of carbonyl (C=O) groups excluding carboxylic acids is 1. The van der Waals surface area contributed by atoms with Gasteiger partial charge in [0, 0.05) is 66.5 Å². The number of hydrogen-bond acceptors (Lipinski definition) is 5. The molecule has 0 spiro atoms. The maximum Gasteiger partial charge on any atom is 0.150 e. The van der Waals surface area contributed by atoms with E-state index < -0.39 is 0 Å². The predicted molar refractivity (Wildman–Crippen MR) is 127 cm³/mol. The highest BCUT2D eigenvalue weighted by atomic mass is 16.1. The van der Waals surface area contributed by atoms with Crippen molar-refractivity contribution in [2.75, 3.05) is 31.1 Å². The highest BCUT2D eigenvalue weighted by Crippen LogP contribution is 2.26. The minimum absolute atomic E-state index is 0.609. The van der Waals surface area contributed by atoms with Crippen LogP contribution in [0.15, 0.2) is 85.4 Å². The SMILES string of the molecule is C=C/C(=C\C=C/C)N1CCN(c2ccc(-c3cc(C=O)c4cnccc4n3)cc2)CC1. The van der Waals surface area contributed by atoms with E-state index >= 15 is 0 Å². The summed E-state index contributed by atoms with van der Waals surface area (Å²) in [7, 11) is 0. The minimum atomic E-state index is 0.609. The molecule has 0 amide bonds. The van der Waals surface area contributed by atoms with Gasteiger partial charge in [0.2, 0.25) is 0 Å². The van der Waals surface area contributed by atoms with E-state index in [4.69, 9.17) is 4.98 Å². The molecule has 0 unspecified atom stereocenters. The first-order valence-electron chi connectivity index (χ1n) is 10.5. The Morgan fingerprint density at radius 2 is 1.87 bits per heavy atom. The topological polar surface area (TPSA) is 49.3 Å². The van der Waals surface area contributed by atoms with Crippen LogP contribution in [0.5, 0.6) is 0 Å². The van der Waals surface area contributed by atoms with Gasteiger partial charge in [0.15, 0.2) is 6.29 Å². The number of carbonyl (C=O) groups is 1. The standard InChI is InChI=1S/C26H26N4O/c1-3-5-6-22(4-2)29-13-15-30(16-14-29)23-9-7-20(8-10-23)26-17-21(19-31)24-18-27-12-11-25(24)28-26/h3-12,17-19H,2,13-16H2,1H3/b5-3-,22-6+. The van der Waals surface area contributed by atoms with Crippen LogP contribution in [0, 0.1) is 0 Å². The highest BCUT2D eigenvalue weighted by molar-refractivity contribution is 5.97. The summed E-state index contributed by atoms with van der Waals surface area (Å²) >= 11 is 0. The van der Waals surface area contributed by atoms with Gasteiger partial charge < -0.3 is 9.80 Å². The third-order valence-corrected chi connectivity index (χ3v) is 5.61. The second-order valence-corrected chi connectivity index (χ2v) is 7.45. The maximum atomic E-state index is 11.5. The summed E-state index contributed by atoms with van der Waals surface area (Å²) in [6, 6.07) is 12.1. The molecule has 0 saturated carbocycles. The number of benzene rings is 1. The highest BCUT2D eigenvalue weighted by Gasteiger charge is 2.18. The van der Waals surface area contributed by atoms with Crippen molar-refractivity contribution in [1.29, 1.82) is 0 Å². The molecule has 0 radical (unpaired) electrons. The van der Waals surface area contributed by atoms with Crippen LogP contribution < -0.4 is 4.90 Å². The van der Waals surface area contributed by atoms with Crippen LogP contribution in [0.1, 0.15) is 17.3 Å². The van der Waals surface area contributed by atoms with Gasteiger partial charge in [0.05, 0.1) is 11.2 Å². The number of anilines is 1. The Balaban J connectivity index is 1.50. The van der Waals surface area contributed by atoms with Gasteiger partial charge in [-0.05, 0) is 43.3 Å². The molecule has 3 aromatic rings. The summed E-state index contributed by atoms with van der Waals surface area (Å²) in [6.07, 6.45) is 12.4. The number of aldehydes is 1. The Bertz CT molecular complexity index is 1140. The largest absolute Gasteiger partial charge is 0.368 e. The van der Waals surface area contributed by atoms with Crippen LogP contribution in [0.2, 0.25) is 0 Å². The molecule has 1 aromatic carbocycles. The van der Waals surface area contributed by atoms with Gasteiger partial charge in [0.25, 0.3) is 0 Å². The van der Waals surface area contributed by atoms with Crippen molar-refractivity contribution in [3.05, 3.63) is 90.9 Å². The van der Waals surface area contributed by atoms with E-state index in [2.05, 4.69) is 57.8 Å². The molecule has 1 fully saturated rings. The fourth-order valence-electron chi connectivity index (χ4n) is 3.90. The zero-order chi connectivity index (χ0) is 21.6. The number of hydrogen-bond donors (Lipinski definition) is 0. The maximum absolute atomic E-state index is 11.5. The van der Waals surface area contributed by atoms with Crippen molar-refractivity contribution in [3.63, 3.8) is 0 Å². The minimum Gasteiger partial charge on any atom is -0.368 e. The van der Waals surface area contributed by atoms with Crippen LogP contribution in [0.25, 0.3) is 22.2 Å². The summed E-state index contributed by atoms with van der Waals surface area (Å²) in [5, 5.41) is 0.776. The van der Waals surface area contributed by atoms with Crippen LogP contribution in [-0.4, -0.2) is 47.3 Å². The van der Waals surface area contributed by atoms with E-state index in [0.29, 0.717) is 5.56 Å². The monoisotopic (exact) mass is 410 g/mol. The number of nitrogens with zero attached hydrogens (tertiary/aromatic N) is 4. The molecular formula is C26H26N4O. The molecule has 5 heteroatoms. The molecule has 2 aromatic heterocycles. The lowest BCUT2D eigenvalue weighted by Crippen LogP contribution is -2.45. The van der Waals surface area contributed by atoms with Crippen molar-refractivity contribution >= 4 is 22.9 Å². The number of aromatic nitrogens is 2. The molecule has 5 nitrogen and oxygen atoms in total. The van der Waals surface area contributed by atoms with Crippen LogP contribution in [0.3, 0.4) is 0 Å². The Kier molecular flexibility index (Phi) is 6.22. The zero-order valence-corrected chi connectivity index (χ0v) is 17.7. The molecule has 1 aliphatic heterocycles. The van der Waals surface area contributed by atoms with Gasteiger partial charge >= 0.3 is 0 Å². The van der Waals surface area contributed by atoms with Crippen molar-refractivity contribution in [1.82, 2.24) is 14.9 Å². The molecule has 0 bridgehead atoms. The first-order valence-corrected chi connectivity index (χ1v) is 10.5. The van der Waals surface area contributed by atoms with Gasteiger partial charge in [-0.1, -0.05) is 30.9 Å². The molecule has 0 N–H and O–H groups in total. The molecule has 31 heavy (non-hydrogen) atoms. The van der Waals surface area contributed by atoms with Crippen LogP contribution >= 0.6 is 0 Å². The van der Waals surface area contributed by atoms with Crippen molar-refractivity contribution in [2.24, 2.45) is 0 Å². The molecular weight excluding hydrogens is 384 g/mol. The normalized spacial score (nSPS) is 14.9. The molecule has 1 saturated heterocycles. The summed E-state index contributed by atoms with van der Waals surface area (Å²) in [5.74, 6) is 0. The van der Waals surface area contributed by atoms with E-state index in [-0.39, 0.29) is 0 Å². The number of pyridine rings is 2. The lowest BCUT2D eigenvalue weighted by Gasteiger charge is -2.37. The number of fused-ring (bicyclic) bond motifs is 1. The number of piperazine rings is 1. The van der Waals surface area contributed by atoms with E-state index in [1.807, 2.05) is 31.2 Å². The van der Waals surface area contributed by atoms with Crippen LogP contribution in [-0.2, 0) is 0 Å². The summed E-state index contributed by atoms with van der Waals surface area (Å²) in [6.45, 7) is 9.79. The first-order chi connectivity index (χ1) is 15.2. The Morgan fingerprint density at radius 1 is 1.10 bits per heavy atom. The van der Waals surface area contributed by atoms with E-state index in [9.17, 15) is 4.79 Å². The molecule has 0 aliphatic carbocycles. The molecule has 3 heterocycles. The summed E-state index contributed by atoms with van der Waals surface area (Å²) in [4.78, 5) is 25.1. The third kappa shape index (κ3) is 4.40. The number of rotatable bonds is 6. The Hall–Kier alpha value is -3.73. The first kappa shape index (κ1) is 20.5. The molecule has 0 atom stereocenters. The fourth-order valence-corrected chi connectivity index (χ4v) is 3.90. The molecule has 156 valence electrons. The second kappa shape index (κ2) is 9.39. The van der Waals surface area contributed by atoms with E-state index in [1.165, 1.54) is 5.69 Å². The van der Waals surface area contributed by atoms with Crippen molar-refractivity contribution < 1.29 is 4.79 Å². The van der Waals surface area contributed by atoms with Gasteiger partial charge in [-0.15, -0.1) is 0 Å². The van der Waals surface area contributed by atoms with Crippen molar-refractivity contribution in [3.8, 4) is 11.3 Å². The van der Waals surface area contributed by atoms with Gasteiger partial charge in [-0.25, -0.2) is 4.98 Å². The smallest absolute Gasteiger partial charge is 0.150 e. The predicted octanol–water partition coefficient (Wildman–Crippen LogP) is 4.88.